The van der Waals surface area contributed by atoms with E-state index in [-0.39, 0.29) is 12.3 Å². The Labute approximate surface area is 96.7 Å². The number of hydrogen-bond donors (Lipinski definition) is 2. The molecule has 0 amide bonds. The van der Waals surface area contributed by atoms with Gasteiger partial charge in [-0.15, -0.1) is 0 Å². The van der Waals surface area contributed by atoms with Crippen LogP contribution in [0, 0.1) is 11.3 Å². The Morgan fingerprint density at radius 2 is 1.62 bits per heavy atom. The van der Waals surface area contributed by atoms with Crippen molar-refractivity contribution in [1.82, 2.24) is 0 Å². The summed E-state index contributed by atoms with van der Waals surface area (Å²) in [6, 6.07) is 0. The Morgan fingerprint density at radius 1 is 1.12 bits per heavy atom. The summed E-state index contributed by atoms with van der Waals surface area (Å²) in [5, 5.41) is 18.0. The molecule has 0 fully saturated rings. The zero-order chi connectivity index (χ0) is 12.8. The molecule has 0 aliphatic carbocycles. The van der Waals surface area contributed by atoms with Gasteiger partial charge in [-0.3, -0.25) is 9.59 Å². The van der Waals surface area contributed by atoms with Gasteiger partial charge in [-0.1, -0.05) is 27.2 Å². The van der Waals surface area contributed by atoms with Crippen LogP contribution in [0.1, 0.15) is 52.9 Å². The van der Waals surface area contributed by atoms with Crippen LogP contribution < -0.4 is 0 Å². The van der Waals surface area contributed by atoms with Crippen molar-refractivity contribution in [2.24, 2.45) is 11.3 Å². The van der Waals surface area contributed by atoms with Gasteiger partial charge in [-0.05, 0) is 25.2 Å². The van der Waals surface area contributed by atoms with Crippen molar-refractivity contribution in [1.29, 1.82) is 0 Å². The van der Waals surface area contributed by atoms with E-state index in [0.717, 1.165) is 0 Å². The molecule has 0 aromatic heterocycles. The molecule has 16 heavy (non-hydrogen) atoms. The maximum Gasteiger partial charge on any atom is 0.309 e. The number of carboxylic acid groups (broad SMARTS) is 2. The van der Waals surface area contributed by atoms with Gasteiger partial charge in [0.05, 0.1) is 5.41 Å². The molecule has 1 unspecified atom stereocenters. The van der Waals surface area contributed by atoms with Crippen LogP contribution >= 0.6 is 0 Å². The smallest absolute Gasteiger partial charge is 0.309 e. The predicted octanol–water partition coefficient (Wildman–Crippen LogP) is 2.77. The van der Waals surface area contributed by atoms with E-state index in [4.69, 9.17) is 5.11 Å². The van der Waals surface area contributed by atoms with Crippen LogP contribution in [-0.2, 0) is 9.59 Å². The number of rotatable bonds is 8. The molecule has 2 N–H and O–H groups in total. The largest absolute Gasteiger partial charge is 0.481 e. The van der Waals surface area contributed by atoms with Crippen LogP contribution in [0.15, 0.2) is 0 Å². The monoisotopic (exact) mass is 230 g/mol. The molecule has 0 spiro atoms. The molecule has 0 saturated heterocycles. The summed E-state index contributed by atoms with van der Waals surface area (Å²) in [6.45, 7) is 5.65. The molecule has 0 aliphatic heterocycles. The number of carbonyl (C=O) groups is 2. The number of aliphatic carboxylic acids is 2. The minimum Gasteiger partial charge on any atom is -0.481 e. The molecule has 0 aromatic rings. The van der Waals surface area contributed by atoms with Gasteiger partial charge >= 0.3 is 11.9 Å². The first-order valence-electron chi connectivity index (χ1n) is 5.89. The Kier molecular flexibility index (Phi) is 6.08. The fourth-order valence-corrected chi connectivity index (χ4v) is 2.47. The second kappa shape index (κ2) is 6.51. The van der Waals surface area contributed by atoms with Crippen molar-refractivity contribution in [2.45, 2.75) is 52.9 Å². The molecule has 0 heterocycles. The summed E-state index contributed by atoms with van der Waals surface area (Å²) in [4.78, 5) is 21.9. The maximum atomic E-state index is 11.4. The second-order valence-electron chi connectivity index (χ2n) is 4.21. The Hall–Kier alpha value is -1.06. The fraction of sp³-hybridized carbons (Fsp3) is 0.833. The maximum absolute atomic E-state index is 11.4. The van der Waals surface area contributed by atoms with Gasteiger partial charge in [-0.2, -0.15) is 0 Å². The fourth-order valence-electron chi connectivity index (χ4n) is 2.47. The first kappa shape index (κ1) is 14.9. The van der Waals surface area contributed by atoms with Gasteiger partial charge in [0.1, 0.15) is 0 Å². The van der Waals surface area contributed by atoms with Crippen LogP contribution in [0.4, 0.5) is 0 Å². The van der Waals surface area contributed by atoms with Crippen molar-refractivity contribution in [3.05, 3.63) is 0 Å². The van der Waals surface area contributed by atoms with E-state index in [1.807, 2.05) is 20.8 Å². The lowest BCUT2D eigenvalue weighted by Gasteiger charge is -2.35. The van der Waals surface area contributed by atoms with Crippen molar-refractivity contribution < 1.29 is 19.8 Å². The van der Waals surface area contributed by atoms with Crippen molar-refractivity contribution in [2.75, 3.05) is 0 Å². The SMILES string of the molecule is CCC(CCC(=O)O)C(CC)(CC)C(=O)O. The van der Waals surface area contributed by atoms with Crippen molar-refractivity contribution in [3.8, 4) is 0 Å². The molecular formula is C12H22O4. The highest BCUT2D eigenvalue weighted by molar-refractivity contribution is 5.75. The third-order valence-electron chi connectivity index (χ3n) is 3.67. The summed E-state index contributed by atoms with van der Waals surface area (Å²) in [7, 11) is 0. The lowest BCUT2D eigenvalue weighted by Crippen LogP contribution is -2.37. The molecule has 4 nitrogen and oxygen atoms in total. The number of hydrogen-bond acceptors (Lipinski definition) is 2. The summed E-state index contributed by atoms with van der Waals surface area (Å²) in [5.41, 5.74) is -0.760. The van der Waals surface area contributed by atoms with Crippen LogP contribution in [0.25, 0.3) is 0 Å². The minimum atomic E-state index is -0.857. The minimum absolute atomic E-state index is 0.0491. The summed E-state index contributed by atoms with van der Waals surface area (Å²) < 4.78 is 0. The van der Waals surface area contributed by atoms with E-state index in [2.05, 4.69) is 0 Å². The number of carboxylic acids is 2. The summed E-state index contributed by atoms with van der Waals surface area (Å²) in [5.74, 6) is -1.71. The standard InChI is InChI=1S/C12H22O4/c1-4-9(7-8-10(13)14)12(5-2,6-3)11(15)16/h9H,4-8H2,1-3H3,(H,13,14)(H,15,16). The topological polar surface area (TPSA) is 74.6 Å². The van der Waals surface area contributed by atoms with E-state index in [1.54, 1.807) is 0 Å². The first-order chi connectivity index (χ1) is 7.44. The van der Waals surface area contributed by atoms with Crippen LogP contribution in [0.3, 0.4) is 0 Å². The van der Waals surface area contributed by atoms with Crippen molar-refractivity contribution in [3.63, 3.8) is 0 Å². The van der Waals surface area contributed by atoms with Crippen molar-refractivity contribution >= 4 is 11.9 Å². The average molecular weight is 230 g/mol. The zero-order valence-electron chi connectivity index (χ0n) is 10.3. The highest BCUT2D eigenvalue weighted by Gasteiger charge is 2.41. The van der Waals surface area contributed by atoms with E-state index < -0.39 is 17.4 Å². The Balaban J connectivity index is 4.84. The first-order valence-corrected chi connectivity index (χ1v) is 5.89. The molecule has 0 radical (unpaired) electrons. The molecular weight excluding hydrogens is 208 g/mol. The van der Waals surface area contributed by atoms with E-state index >= 15 is 0 Å². The van der Waals surface area contributed by atoms with Gasteiger partial charge in [-0.25, -0.2) is 0 Å². The summed E-state index contributed by atoms with van der Waals surface area (Å²) in [6.07, 6.45) is 2.31. The van der Waals surface area contributed by atoms with Crippen LogP contribution in [-0.4, -0.2) is 22.2 Å². The lowest BCUT2D eigenvalue weighted by molar-refractivity contribution is -0.154. The zero-order valence-corrected chi connectivity index (χ0v) is 10.3. The molecule has 0 bridgehead atoms. The third-order valence-corrected chi connectivity index (χ3v) is 3.67. The van der Waals surface area contributed by atoms with E-state index in [9.17, 15) is 14.7 Å². The van der Waals surface area contributed by atoms with Crippen LogP contribution in [0.2, 0.25) is 0 Å². The van der Waals surface area contributed by atoms with E-state index in [0.29, 0.717) is 25.7 Å². The van der Waals surface area contributed by atoms with Gasteiger partial charge in [0.2, 0.25) is 0 Å². The van der Waals surface area contributed by atoms with Crippen LogP contribution in [0.5, 0.6) is 0 Å². The second-order valence-corrected chi connectivity index (χ2v) is 4.21. The predicted molar refractivity (Wildman–Crippen MR) is 61.3 cm³/mol. The van der Waals surface area contributed by atoms with Gasteiger partial charge < -0.3 is 10.2 Å². The molecule has 4 heteroatoms. The third kappa shape index (κ3) is 3.22. The molecule has 0 aliphatic rings. The Bertz CT molecular complexity index is 243. The molecule has 1 atom stereocenters. The quantitative estimate of drug-likeness (QED) is 0.672. The average Bonchev–Trinajstić information content (AvgIpc) is 2.23. The van der Waals surface area contributed by atoms with Gasteiger partial charge in [0, 0.05) is 6.42 Å². The summed E-state index contributed by atoms with van der Waals surface area (Å²) >= 11 is 0. The molecule has 0 aromatic carbocycles. The van der Waals surface area contributed by atoms with E-state index in [1.165, 1.54) is 0 Å². The molecule has 94 valence electrons. The Morgan fingerprint density at radius 3 is 1.88 bits per heavy atom. The highest BCUT2D eigenvalue weighted by atomic mass is 16.4. The lowest BCUT2D eigenvalue weighted by atomic mass is 9.68. The highest BCUT2D eigenvalue weighted by Crippen LogP contribution is 2.40. The van der Waals surface area contributed by atoms with Gasteiger partial charge in [0.15, 0.2) is 0 Å². The normalized spacial score (nSPS) is 13.4. The molecule has 0 saturated carbocycles. The molecule has 0 rings (SSSR count). The van der Waals surface area contributed by atoms with Gasteiger partial charge in [0.25, 0.3) is 0 Å².